The Balaban J connectivity index is 2.65. The summed E-state index contributed by atoms with van der Waals surface area (Å²) in [4.78, 5) is 22.8. The van der Waals surface area contributed by atoms with Gasteiger partial charge in [0.2, 0.25) is 0 Å². The zero-order chi connectivity index (χ0) is 15.1. The van der Waals surface area contributed by atoms with Crippen LogP contribution in [0.1, 0.15) is 0 Å². The molecular weight excluding hydrogens is 267 g/mol. The minimum atomic E-state index is -0.712. The summed E-state index contributed by atoms with van der Waals surface area (Å²) in [6, 6.07) is 4.57. The predicted molar refractivity (Wildman–Crippen MR) is 71.2 cm³/mol. The number of hydrogen-bond acceptors (Lipinski definition) is 3. The molecule has 0 bridgehead atoms. The molecule has 3 N–H and O–H groups in total. The average molecular weight is 283 g/mol. The fourth-order valence-corrected chi connectivity index (χ4v) is 1.16. The minimum absolute atomic E-state index is 0.0519. The topological polar surface area (TPSA) is 82.5 Å². The van der Waals surface area contributed by atoms with Gasteiger partial charge < -0.3 is 10.1 Å². The molecule has 3 amide bonds. The molecule has 0 heterocycles. The summed E-state index contributed by atoms with van der Waals surface area (Å²) >= 11 is 0. The lowest BCUT2D eigenvalue weighted by molar-refractivity contribution is -0.474. The summed E-state index contributed by atoms with van der Waals surface area (Å²) in [5, 5.41) is 7.09. The molecule has 0 aliphatic heterocycles. The SMILES string of the molecule is CNC(=O)OC(NC(=O)Nc1ccc(F)cc1)=[N+](C)C. The van der Waals surface area contributed by atoms with Gasteiger partial charge in [0.25, 0.3) is 0 Å². The molecule has 0 saturated heterocycles. The van der Waals surface area contributed by atoms with Gasteiger partial charge >= 0.3 is 18.1 Å². The maximum atomic E-state index is 12.7. The van der Waals surface area contributed by atoms with Crippen molar-refractivity contribution in [1.82, 2.24) is 10.6 Å². The first-order valence-corrected chi connectivity index (χ1v) is 5.69. The Hall–Kier alpha value is -2.64. The Morgan fingerprint density at radius 1 is 1.20 bits per heavy atom. The van der Waals surface area contributed by atoms with Crippen molar-refractivity contribution in [2.24, 2.45) is 0 Å². The number of hydrogen-bond donors (Lipinski definition) is 3. The molecule has 1 aromatic rings. The van der Waals surface area contributed by atoms with Gasteiger partial charge in [0.05, 0.1) is 14.1 Å². The van der Waals surface area contributed by atoms with E-state index in [1.807, 2.05) is 0 Å². The van der Waals surface area contributed by atoms with E-state index in [0.717, 1.165) is 0 Å². The number of nitrogens with zero attached hydrogens (tertiary/aromatic N) is 1. The third-order valence-electron chi connectivity index (χ3n) is 2.12. The summed E-state index contributed by atoms with van der Waals surface area (Å²) in [5.74, 6) is -0.403. The Morgan fingerprint density at radius 2 is 1.80 bits per heavy atom. The molecule has 1 aromatic carbocycles. The average Bonchev–Trinajstić information content (AvgIpc) is 2.40. The van der Waals surface area contributed by atoms with Crippen molar-refractivity contribution in [3.05, 3.63) is 30.1 Å². The number of nitrogens with one attached hydrogen (secondary N) is 3. The normalized spacial score (nSPS) is 9.40. The Labute approximate surface area is 115 Å². The van der Waals surface area contributed by atoms with E-state index in [1.165, 1.54) is 35.9 Å². The molecule has 0 fully saturated rings. The van der Waals surface area contributed by atoms with Crippen molar-refractivity contribution in [3.63, 3.8) is 0 Å². The third-order valence-corrected chi connectivity index (χ3v) is 2.12. The molecular formula is C12H16FN4O3+. The minimum Gasteiger partial charge on any atom is -0.340 e. The zero-order valence-electron chi connectivity index (χ0n) is 11.4. The fourth-order valence-electron chi connectivity index (χ4n) is 1.16. The van der Waals surface area contributed by atoms with Crippen LogP contribution in [0.3, 0.4) is 0 Å². The van der Waals surface area contributed by atoms with Gasteiger partial charge in [-0.05, 0) is 24.3 Å². The first kappa shape index (κ1) is 15.4. The van der Waals surface area contributed by atoms with Crippen molar-refractivity contribution in [2.75, 3.05) is 26.5 Å². The number of alkyl carbamates (subject to hydrolysis) is 1. The monoisotopic (exact) mass is 283 g/mol. The Morgan fingerprint density at radius 3 is 2.30 bits per heavy atom. The number of anilines is 1. The quantitative estimate of drug-likeness (QED) is 0.407. The number of amidine groups is 1. The van der Waals surface area contributed by atoms with Crippen molar-refractivity contribution < 1.29 is 23.3 Å². The molecule has 7 nitrogen and oxygen atoms in total. The molecule has 0 spiro atoms. The van der Waals surface area contributed by atoms with Crippen molar-refractivity contribution in [1.29, 1.82) is 0 Å². The summed E-state index contributed by atoms with van der Waals surface area (Å²) < 4.78 is 19.0. The summed E-state index contributed by atoms with van der Waals surface area (Å²) in [5.41, 5.74) is 0.405. The smallest absolute Gasteiger partial charge is 0.340 e. The highest BCUT2D eigenvalue weighted by Crippen LogP contribution is 2.07. The molecule has 0 unspecified atom stereocenters. The molecule has 8 heteroatoms. The second-order valence-electron chi connectivity index (χ2n) is 3.93. The van der Waals surface area contributed by atoms with Crippen molar-refractivity contribution in [2.45, 2.75) is 0 Å². The maximum Gasteiger partial charge on any atom is 0.461 e. The van der Waals surface area contributed by atoms with Gasteiger partial charge in [-0.3, -0.25) is 5.32 Å². The third kappa shape index (κ3) is 4.92. The van der Waals surface area contributed by atoms with E-state index in [-0.39, 0.29) is 6.02 Å². The van der Waals surface area contributed by atoms with E-state index in [0.29, 0.717) is 5.69 Å². The lowest BCUT2D eigenvalue weighted by atomic mass is 10.3. The van der Waals surface area contributed by atoms with Crippen LogP contribution < -0.4 is 16.0 Å². The van der Waals surface area contributed by atoms with Crippen LogP contribution in [-0.4, -0.2) is 43.9 Å². The van der Waals surface area contributed by atoms with Crippen LogP contribution in [0.15, 0.2) is 24.3 Å². The van der Waals surface area contributed by atoms with E-state index in [9.17, 15) is 14.0 Å². The van der Waals surface area contributed by atoms with Crippen LogP contribution in [0.4, 0.5) is 19.7 Å². The maximum absolute atomic E-state index is 12.7. The number of carbonyl (C=O) groups is 2. The van der Waals surface area contributed by atoms with Gasteiger partial charge in [-0.2, -0.15) is 5.32 Å². The Kier molecular flexibility index (Phi) is 5.45. The number of ether oxygens (including phenoxy) is 1. The highest BCUT2D eigenvalue weighted by molar-refractivity contribution is 6.01. The van der Waals surface area contributed by atoms with Crippen LogP contribution in [0.5, 0.6) is 0 Å². The molecule has 108 valence electrons. The first-order valence-electron chi connectivity index (χ1n) is 5.69. The van der Waals surface area contributed by atoms with Crippen LogP contribution in [-0.2, 0) is 4.74 Å². The highest BCUT2D eigenvalue weighted by atomic mass is 19.1. The van der Waals surface area contributed by atoms with Crippen molar-refractivity contribution in [3.8, 4) is 0 Å². The second-order valence-corrected chi connectivity index (χ2v) is 3.93. The van der Waals surface area contributed by atoms with E-state index in [2.05, 4.69) is 16.0 Å². The van der Waals surface area contributed by atoms with Gasteiger partial charge in [-0.15, -0.1) is 0 Å². The van der Waals surface area contributed by atoms with Gasteiger partial charge in [0, 0.05) is 12.7 Å². The Bertz CT molecular complexity index is 524. The molecule has 0 aromatic heterocycles. The van der Waals surface area contributed by atoms with E-state index in [1.54, 1.807) is 14.1 Å². The van der Waals surface area contributed by atoms with Crippen LogP contribution in [0, 0.1) is 5.82 Å². The van der Waals surface area contributed by atoms with Crippen LogP contribution in [0.25, 0.3) is 0 Å². The zero-order valence-corrected chi connectivity index (χ0v) is 11.4. The lowest BCUT2D eigenvalue weighted by Crippen LogP contribution is -2.42. The fraction of sp³-hybridized carbons (Fsp3) is 0.250. The number of carbonyl (C=O) groups excluding carboxylic acids is 2. The number of halogens is 1. The summed E-state index contributed by atoms with van der Waals surface area (Å²) in [7, 11) is 4.58. The van der Waals surface area contributed by atoms with Gasteiger partial charge in [0.1, 0.15) is 5.82 Å². The lowest BCUT2D eigenvalue weighted by Gasteiger charge is -2.06. The van der Waals surface area contributed by atoms with Crippen molar-refractivity contribution >= 4 is 23.8 Å². The molecule has 0 aliphatic rings. The summed E-state index contributed by atoms with van der Waals surface area (Å²) in [6.07, 6.45) is -0.712. The number of amides is 3. The molecule has 0 aliphatic carbocycles. The van der Waals surface area contributed by atoms with Crippen LogP contribution in [0.2, 0.25) is 0 Å². The predicted octanol–water partition coefficient (Wildman–Crippen LogP) is 0.931. The molecule has 0 atom stereocenters. The number of benzene rings is 1. The second kappa shape index (κ2) is 7.07. The van der Waals surface area contributed by atoms with Gasteiger partial charge in [-0.1, -0.05) is 0 Å². The van der Waals surface area contributed by atoms with Crippen LogP contribution >= 0.6 is 0 Å². The molecule has 1 rings (SSSR count). The standard InChI is InChI=1S/C12H15FN4O3/c1-14-12(19)20-11(17(2)3)16-10(18)15-9-6-4-8(13)5-7-9/h4-7H,1-3H3,(H2,14,15,18,19)/p+1. The molecule has 20 heavy (non-hydrogen) atoms. The largest absolute Gasteiger partial charge is 0.461 e. The van der Waals surface area contributed by atoms with Gasteiger partial charge in [-0.25, -0.2) is 18.6 Å². The van der Waals surface area contributed by atoms with E-state index < -0.39 is 17.9 Å². The first-order chi connectivity index (χ1) is 9.42. The molecule has 0 radical (unpaired) electrons. The number of urea groups is 1. The van der Waals surface area contributed by atoms with E-state index >= 15 is 0 Å². The number of rotatable bonds is 1. The summed E-state index contributed by atoms with van der Waals surface area (Å²) in [6.45, 7) is 0. The van der Waals surface area contributed by atoms with E-state index in [4.69, 9.17) is 4.74 Å². The van der Waals surface area contributed by atoms with Gasteiger partial charge in [0.15, 0.2) is 0 Å². The highest BCUT2D eigenvalue weighted by Gasteiger charge is 2.19. The molecule has 0 saturated carbocycles.